The molecule has 3 aliphatic heterocycles. The van der Waals surface area contributed by atoms with Crippen LogP contribution in [0.1, 0.15) is 79.1 Å². The van der Waals surface area contributed by atoms with Crippen LogP contribution >= 0.6 is 0 Å². The summed E-state index contributed by atoms with van der Waals surface area (Å²) in [6, 6.07) is 0. The Bertz CT molecular complexity index is 986. The Kier molecular flexibility index (Phi) is 7.21. The predicted octanol–water partition coefficient (Wildman–Crippen LogP) is 2.20. The summed E-state index contributed by atoms with van der Waals surface area (Å²) in [5.41, 5.74) is -0.307. The van der Waals surface area contributed by atoms with E-state index in [1.54, 1.807) is 0 Å². The topological polar surface area (TPSA) is 138 Å². The van der Waals surface area contributed by atoms with Crippen molar-refractivity contribution in [3.05, 3.63) is 0 Å². The molecule has 41 heavy (non-hydrogen) atoms. The van der Waals surface area contributed by atoms with Crippen LogP contribution in [0.2, 0.25) is 0 Å². The van der Waals surface area contributed by atoms with E-state index in [1.807, 2.05) is 0 Å². The van der Waals surface area contributed by atoms with Crippen molar-refractivity contribution in [1.82, 2.24) is 0 Å². The van der Waals surface area contributed by atoms with Gasteiger partial charge in [0.1, 0.15) is 18.3 Å². The van der Waals surface area contributed by atoms with Crippen LogP contribution in [0.5, 0.6) is 0 Å². The van der Waals surface area contributed by atoms with E-state index in [9.17, 15) is 25.5 Å². The number of aliphatic hydroxyl groups excluding tert-OH is 5. The van der Waals surface area contributed by atoms with Crippen molar-refractivity contribution in [3.8, 4) is 0 Å². The van der Waals surface area contributed by atoms with Crippen LogP contribution in [-0.4, -0.2) is 93.6 Å². The van der Waals surface area contributed by atoms with E-state index in [2.05, 4.69) is 27.7 Å². The van der Waals surface area contributed by atoms with Crippen molar-refractivity contribution in [2.75, 3.05) is 13.2 Å². The van der Waals surface area contributed by atoms with Crippen LogP contribution in [0.15, 0.2) is 0 Å². The van der Waals surface area contributed by atoms with Gasteiger partial charge >= 0.3 is 0 Å². The highest BCUT2D eigenvalue weighted by Crippen LogP contribution is 2.71. The number of hydrogen-bond donors (Lipinski definition) is 5. The van der Waals surface area contributed by atoms with Crippen LogP contribution in [0.25, 0.3) is 0 Å². The molecule has 9 nitrogen and oxygen atoms in total. The molecule has 0 aromatic rings. The minimum Gasteiger partial charge on any atom is -0.390 e. The number of fused-ring (bicyclic) bond motifs is 7. The lowest BCUT2D eigenvalue weighted by atomic mass is 9.43. The number of aliphatic hydroxyl groups is 5. The summed E-state index contributed by atoms with van der Waals surface area (Å²) in [5, 5.41) is 52.9. The third kappa shape index (κ3) is 4.27. The second-order valence-electron chi connectivity index (χ2n) is 15.8. The van der Waals surface area contributed by atoms with Gasteiger partial charge in [0.25, 0.3) is 0 Å². The van der Waals surface area contributed by atoms with E-state index in [4.69, 9.17) is 18.9 Å². The summed E-state index contributed by atoms with van der Waals surface area (Å²) in [4.78, 5) is 0. The minimum atomic E-state index is -1.35. The maximum Gasteiger partial charge on any atom is 0.186 e. The summed E-state index contributed by atoms with van der Waals surface area (Å²) in [6.07, 6.45) is 0.498. The normalized spacial score (nSPS) is 62.1. The SMILES string of the molecule is CC1CC[C@@]2(OC1)O[C@H]1C[C@H]3[C@@H]4CCC5CC(O)C(O)C[C@]5(C)[C@H]4C(O[C@@H]4OC[C@H](O)[C@H](O)[C@H]4O)C[C@]3(C)[C@H]1[C@@H]2C. The van der Waals surface area contributed by atoms with E-state index in [-0.39, 0.29) is 47.4 Å². The van der Waals surface area contributed by atoms with Gasteiger partial charge in [0, 0.05) is 12.3 Å². The van der Waals surface area contributed by atoms with Gasteiger partial charge in [-0.2, -0.15) is 0 Å². The van der Waals surface area contributed by atoms with E-state index in [0.29, 0.717) is 36.5 Å². The van der Waals surface area contributed by atoms with Crippen molar-refractivity contribution in [2.45, 2.75) is 134 Å². The number of ether oxygens (including phenoxy) is 4. The van der Waals surface area contributed by atoms with Gasteiger partial charge in [0.15, 0.2) is 12.1 Å². The Morgan fingerprint density at radius 1 is 0.780 bits per heavy atom. The van der Waals surface area contributed by atoms with E-state index >= 15 is 0 Å². The molecular weight excluding hydrogens is 528 g/mol. The first-order chi connectivity index (χ1) is 19.4. The molecule has 18 atom stereocenters. The summed E-state index contributed by atoms with van der Waals surface area (Å²) in [6.45, 7) is 9.90. The Balaban J connectivity index is 1.23. The highest BCUT2D eigenvalue weighted by molar-refractivity contribution is 5.18. The number of rotatable bonds is 2. The van der Waals surface area contributed by atoms with Gasteiger partial charge in [0.2, 0.25) is 0 Å². The third-order valence-corrected chi connectivity index (χ3v) is 13.6. The Morgan fingerprint density at radius 3 is 2.29 bits per heavy atom. The highest BCUT2D eigenvalue weighted by Gasteiger charge is 2.71. The van der Waals surface area contributed by atoms with Gasteiger partial charge in [-0.25, -0.2) is 0 Å². The first-order valence-electron chi connectivity index (χ1n) is 16.4. The van der Waals surface area contributed by atoms with Gasteiger partial charge in [-0.05, 0) is 91.3 Å². The second kappa shape index (κ2) is 10.1. The molecule has 7 fully saturated rings. The fourth-order valence-corrected chi connectivity index (χ4v) is 11.6. The standard InChI is InChI=1S/C32H52O9/c1-15-7-8-32(39-13-15)16(2)25-23(41-32)10-19-18-6-5-17-9-20(33)21(34)11-30(17,3)26(18)24(12-31(19,25)4)40-29-28(37)27(36)22(35)14-38-29/h15-29,33-37H,5-14H2,1-4H3/t15?,16-,17?,18-,19-,20?,21?,22-,23-,24?,25-,26+,27-,28+,29-,30-,31-,32+/m0/s1. The molecular formula is C32H52O9. The maximum absolute atomic E-state index is 10.9. The minimum absolute atomic E-state index is 0.0699. The van der Waals surface area contributed by atoms with Crippen molar-refractivity contribution in [2.24, 2.45) is 52.3 Å². The average Bonchev–Trinajstić information content (AvgIpc) is 3.36. The molecule has 234 valence electrons. The Hall–Kier alpha value is -0.360. The third-order valence-electron chi connectivity index (χ3n) is 13.6. The molecule has 4 saturated carbocycles. The molecule has 4 aliphatic carbocycles. The smallest absolute Gasteiger partial charge is 0.186 e. The van der Waals surface area contributed by atoms with Crippen LogP contribution in [-0.2, 0) is 18.9 Å². The summed E-state index contributed by atoms with van der Waals surface area (Å²) in [7, 11) is 0. The molecule has 3 heterocycles. The quantitative estimate of drug-likeness (QED) is 0.333. The first kappa shape index (κ1) is 29.4. The maximum atomic E-state index is 10.9. The molecule has 5 N–H and O–H groups in total. The van der Waals surface area contributed by atoms with Gasteiger partial charge in [-0.15, -0.1) is 0 Å². The molecule has 0 aromatic carbocycles. The van der Waals surface area contributed by atoms with E-state index in [0.717, 1.165) is 45.1 Å². The molecule has 0 bridgehead atoms. The first-order valence-corrected chi connectivity index (χ1v) is 16.4. The lowest BCUT2D eigenvalue weighted by molar-refractivity contribution is -0.312. The van der Waals surface area contributed by atoms with E-state index < -0.39 is 42.6 Å². The van der Waals surface area contributed by atoms with Gasteiger partial charge < -0.3 is 44.5 Å². The molecule has 1 spiro atoms. The zero-order valence-corrected chi connectivity index (χ0v) is 25.1. The zero-order valence-electron chi connectivity index (χ0n) is 25.1. The number of hydrogen-bond acceptors (Lipinski definition) is 9. The molecule has 7 aliphatic rings. The van der Waals surface area contributed by atoms with Gasteiger partial charge in [-0.1, -0.05) is 27.7 Å². The van der Waals surface area contributed by atoms with Crippen molar-refractivity contribution in [1.29, 1.82) is 0 Å². The fraction of sp³-hybridized carbons (Fsp3) is 1.00. The monoisotopic (exact) mass is 580 g/mol. The zero-order chi connectivity index (χ0) is 29.1. The molecule has 5 unspecified atom stereocenters. The van der Waals surface area contributed by atoms with Crippen LogP contribution in [0, 0.1) is 52.3 Å². The van der Waals surface area contributed by atoms with Gasteiger partial charge in [-0.3, -0.25) is 0 Å². The van der Waals surface area contributed by atoms with Crippen molar-refractivity contribution >= 4 is 0 Å². The molecule has 9 heteroatoms. The fourth-order valence-electron chi connectivity index (χ4n) is 11.6. The van der Waals surface area contributed by atoms with Crippen molar-refractivity contribution < 1.29 is 44.5 Å². The summed E-state index contributed by atoms with van der Waals surface area (Å²) < 4.78 is 26.0. The Labute approximate surface area is 243 Å². The second-order valence-corrected chi connectivity index (χ2v) is 15.8. The van der Waals surface area contributed by atoms with Crippen molar-refractivity contribution in [3.63, 3.8) is 0 Å². The molecule has 7 rings (SSSR count). The van der Waals surface area contributed by atoms with Crippen LogP contribution < -0.4 is 0 Å². The van der Waals surface area contributed by atoms with Crippen LogP contribution in [0.3, 0.4) is 0 Å². The molecule has 0 amide bonds. The average molecular weight is 581 g/mol. The Morgan fingerprint density at radius 2 is 1.56 bits per heavy atom. The lowest BCUT2D eigenvalue weighted by Crippen LogP contribution is -2.63. The van der Waals surface area contributed by atoms with Crippen LogP contribution in [0.4, 0.5) is 0 Å². The molecule has 0 radical (unpaired) electrons. The largest absolute Gasteiger partial charge is 0.390 e. The predicted molar refractivity (Wildman–Crippen MR) is 147 cm³/mol. The molecule has 3 saturated heterocycles. The summed E-state index contributed by atoms with van der Waals surface area (Å²) >= 11 is 0. The molecule has 0 aromatic heterocycles. The summed E-state index contributed by atoms with van der Waals surface area (Å²) in [5.74, 6) is 1.78. The highest BCUT2D eigenvalue weighted by atomic mass is 16.7. The van der Waals surface area contributed by atoms with E-state index in [1.165, 1.54) is 0 Å². The lowest BCUT2D eigenvalue weighted by Gasteiger charge is -2.64. The van der Waals surface area contributed by atoms with Gasteiger partial charge in [0.05, 0.1) is 37.6 Å².